The van der Waals surface area contributed by atoms with Crippen molar-refractivity contribution in [2.24, 2.45) is 0 Å². The van der Waals surface area contributed by atoms with E-state index in [1.54, 1.807) is 0 Å². The predicted octanol–water partition coefficient (Wildman–Crippen LogP) is 3.17. The highest BCUT2D eigenvalue weighted by Crippen LogP contribution is 2.37. The summed E-state index contributed by atoms with van der Waals surface area (Å²) in [5.74, 6) is 0. The molecule has 0 radical (unpaired) electrons. The highest BCUT2D eigenvalue weighted by Gasteiger charge is 2.16. The van der Waals surface area contributed by atoms with Gasteiger partial charge in [0.15, 0.2) is 0 Å². The molecule has 1 nitrogen and oxygen atoms in total. The maximum absolute atomic E-state index is 6.07. The maximum atomic E-state index is 6.07. The van der Waals surface area contributed by atoms with Gasteiger partial charge < -0.3 is 5.73 Å². The fourth-order valence-corrected chi connectivity index (χ4v) is 2.54. The minimum Gasteiger partial charge on any atom is -0.397 e. The molecular formula is C12H10ClN. The minimum absolute atomic E-state index is 0.687. The van der Waals surface area contributed by atoms with E-state index in [0.29, 0.717) is 10.7 Å². The highest BCUT2D eigenvalue weighted by atomic mass is 35.5. The lowest BCUT2D eigenvalue weighted by Gasteiger charge is -2.06. The summed E-state index contributed by atoms with van der Waals surface area (Å²) in [4.78, 5) is 0. The third-order valence-corrected chi connectivity index (χ3v) is 3.30. The van der Waals surface area contributed by atoms with Gasteiger partial charge in [0.05, 0.1) is 10.7 Å². The average Bonchev–Trinajstić information content (AvgIpc) is 2.59. The molecule has 2 aromatic carbocycles. The largest absolute Gasteiger partial charge is 0.397 e. The molecule has 0 saturated heterocycles. The predicted molar refractivity (Wildman–Crippen MR) is 60.8 cm³/mol. The second-order valence-electron chi connectivity index (χ2n) is 3.77. The van der Waals surface area contributed by atoms with Crippen LogP contribution < -0.4 is 5.73 Å². The zero-order valence-electron chi connectivity index (χ0n) is 7.68. The summed E-state index contributed by atoms with van der Waals surface area (Å²) in [5.41, 5.74) is 9.41. The van der Waals surface area contributed by atoms with Crippen LogP contribution in [0.4, 0.5) is 5.69 Å². The first-order chi connectivity index (χ1) is 6.77. The van der Waals surface area contributed by atoms with Gasteiger partial charge in [-0.3, -0.25) is 0 Å². The Morgan fingerprint density at radius 1 is 1.14 bits per heavy atom. The lowest BCUT2D eigenvalue weighted by Crippen LogP contribution is -1.90. The van der Waals surface area contributed by atoms with Crippen LogP contribution in [0.15, 0.2) is 24.3 Å². The molecule has 14 heavy (non-hydrogen) atoms. The van der Waals surface area contributed by atoms with Crippen molar-refractivity contribution < 1.29 is 0 Å². The summed E-state index contributed by atoms with van der Waals surface area (Å²) in [6.45, 7) is 0. The molecule has 2 aromatic rings. The Morgan fingerprint density at radius 3 is 2.79 bits per heavy atom. The second-order valence-corrected chi connectivity index (χ2v) is 4.18. The van der Waals surface area contributed by atoms with Crippen molar-refractivity contribution in [2.45, 2.75) is 12.8 Å². The van der Waals surface area contributed by atoms with Gasteiger partial charge in [-0.15, -0.1) is 0 Å². The smallest absolute Gasteiger partial charge is 0.0644 e. The fourth-order valence-electron chi connectivity index (χ4n) is 2.31. The van der Waals surface area contributed by atoms with E-state index in [9.17, 15) is 0 Å². The first kappa shape index (κ1) is 8.13. The molecule has 0 spiro atoms. The Kier molecular flexibility index (Phi) is 1.53. The van der Waals surface area contributed by atoms with Crippen LogP contribution in [0.3, 0.4) is 0 Å². The molecule has 0 bridgehead atoms. The first-order valence-corrected chi connectivity index (χ1v) is 5.13. The molecule has 2 heteroatoms. The number of nitrogens with two attached hydrogens (primary N) is 1. The third-order valence-electron chi connectivity index (χ3n) is 2.98. The fraction of sp³-hybridized carbons (Fsp3) is 0.167. The lowest BCUT2D eigenvalue weighted by atomic mass is 10.0. The summed E-state index contributed by atoms with van der Waals surface area (Å²) < 4.78 is 0. The molecule has 2 N–H and O–H groups in total. The number of hydrogen-bond acceptors (Lipinski definition) is 1. The number of rotatable bonds is 0. The van der Waals surface area contributed by atoms with Crippen molar-refractivity contribution in [2.75, 3.05) is 5.73 Å². The van der Waals surface area contributed by atoms with Gasteiger partial charge in [-0.05, 0) is 35.4 Å². The molecule has 0 aromatic heterocycles. The van der Waals surface area contributed by atoms with E-state index in [0.717, 1.165) is 18.2 Å². The van der Waals surface area contributed by atoms with Crippen molar-refractivity contribution in [3.8, 4) is 0 Å². The Labute approximate surface area is 87.5 Å². The SMILES string of the molecule is Nc1c(Cl)cc2c3c(cccc13)CC2. The van der Waals surface area contributed by atoms with Gasteiger partial charge in [-0.1, -0.05) is 29.8 Å². The number of anilines is 1. The van der Waals surface area contributed by atoms with Crippen molar-refractivity contribution in [3.05, 3.63) is 40.4 Å². The topological polar surface area (TPSA) is 26.0 Å². The van der Waals surface area contributed by atoms with E-state index in [1.807, 2.05) is 6.07 Å². The molecule has 0 atom stereocenters. The van der Waals surface area contributed by atoms with E-state index >= 15 is 0 Å². The molecule has 70 valence electrons. The lowest BCUT2D eigenvalue weighted by molar-refractivity contribution is 1.02. The monoisotopic (exact) mass is 203 g/mol. The number of nitrogen functional groups attached to an aromatic ring is 1. The standard InChI is InChI=1S/C12H10ClN/c13-10-6-8-5-4-7-2-1-3-9(11(7)8)12(10)14/h1-3,6H,4-5,14H2. The second kappa shape index (κ2) is 2.64. The average molecular weight is 204 g/mol. The molecule has 0 unspecified atom stereocenters. The number of halogens is 1. The Balaban J connectivity index is 2.57. The Bertz CT molecular complexity index is 531. The van der Waals surface area contributed by atoms with Crippen molar-refractivity contribution in [3.63, 3.8) is 0 Å². The van der Waals surface area contributed by atoms with Crippen LogP contribution in [0.25, 0.3) is 10.8 Å². The van der Waals surface area contributed by atoms with Crippen LogP contribution in [0.2, 0.25) is 5.02 Å². The van der Waals surface area contributed by atoms with Crippen LogP contribution in [-0.4, -0.2) is 0 Å². The molecule has 0 aliphatic heterocycles. The van der Waals surface area contributed by atoms with Crippen molar-refractivity contribution in [1.29, 1.82) is 0 Å². The molecule has 0 heterocycles. The van der Waals surface area contributed by atoms with E-state index in [-0.39, 0.29) is 0 Å². The molecule has 0 amide bonds. The molecule has 1 aliphatic rings. The van der Waals surface area contributed by atoms with Gasteiger partial charge in [0, 0.05) is 5.39 Å². The summed E-state index contributed by atoms with van der Waals surface area (Å²) in [7, 11) is 0. The molecular weight excluding hydrogens is 194 g/mol. The van der Waals surface area contributed by atoms with Gasteiger partial charge in [-0.25, -0.2) is 0 Å². The third kappa shape index (κ3) is 0.906. The summed E-state index contributed by atoms with van der Waals surface area (Å²) in [5, 5.41) is 3.13. The molecule has 3 rings (SSSR count). The van der Waals surface area contributed by atoms with E-state index in [2.05, 4.69) is 18.2 Å². The van der Waals surface area contributed by atoms with E-state index in [4.69, 9.17) is 17.3 Å². The summed E-state index contributed by atoms with van der Waals surface area (Å²) in [6.07, 6.45) is 2.21. The van der Waals surface area contributed by atoms with Gasteiger partial charge in [0.2, 0.25) is 0 Å². The van der Waals surface area contributed by atoms with Gasteiger partial charge >= 0.3 is 0 Å². The quantitative estimate of drug-likeness (QED) is 0.654. The first-order valence-electron chi connectivity index (χ1n) is 4.76. The van der Waals surface area contributed by atoms with Gasteiger partial charge in [0.1, 0.15) is 0 Å². The van der Waals surface area contributed by atoms with Crippen LogP contribution in [0.1, 0.15) is 11.1 Å². The van der Waals surface area contributed by atoms with Gasteiger partial charge in [0.25, 0.3) is 0 Å². The summed E-state index contributed by atoms with van der Waals surface area (Å²) >= 11 is 6.07. The molecule has 0 saturated carbocycles. The van der Waals surface area contributed by atoms with Crippen LogP contribution in [0, 0.1) is 0 Å². The summed E-state index contributed by atoms with van der Waals surface area (Å²) in [6, 6.07) is 8.29. The van der Waals surface area contributed by atoms with Crippen LogP contribution in [0.5, 0.6) is 0 Å². The maximum Gasteiger partial charge on any atom is 0.0644 e. The van der Waals surface area contributed by atoms with E-state index < -0.39 is 0 Å². The van der Waals surface area contributed by atoms with Crippen molar-refractivity contribution in [1.82, 2.24) is 0 Å². The zero-order chi connectivity index (χ0) is 9.71. The number of hydrogen-bond donors (Lipinski definition) is 1. The molecule has 1 aliphatic carbocycles. The highest BCUT2D eigenvalue weighted by molar-refractivity contribution is 6.35. The Hall–Kier alpha value is -1.21. The van der Waals surface area contributed by atoms with Crippen LogP contribution >= 0.6 is 11.6 Å². The normalized spacial score (nSPS) is 13.8. The van der Waals surface area contributed by atoms with E-state index in [1.165, 1.54) is 16.5 Å². The zero-order valence-corrected chi connectivity index (χ0v) is 8.43. The molecule has 0 fully saturated rings. The minimum atomic E-state index is 0.687. The van der Waals surface area contributed by atoms with Crippen molar-refractivity contribution >= 4 is 28.1 Å². The Morgan fingerprint density at radius 2 is 1.93 bits per heavy atom. The van der Waals surface area contributed by atoms with Gasteiger partial charge in [-0.2, -0.15) is 0 Å². The number of benzene rings is 2. The van der Waals surface area contributed by atoms with Crippen LogP contribution in [-0.2, 0) is 12.8 Å². The number of aryl methyl sites for hydroxylation is 2.